The number of nitro groups is 1. The van der Waals surface area contributed by atoms with Crippen molar-refractivity contribution in [3.63, 3.8) is 0 Å². The van der Waals surface area contributed by atoms with Gasteiger partial charge in [0.2, 0.25) is 0 Å². The van der Waals surface area contributed by atoms with Gasteiger partial charge in [-0.3, -0.25) is 10.1 Å². The minimum atomic E-state index is -0.507. The molecule has 7 nitrogen and oxygen atoms in total. The van der Waals surface area contributed by atoms with Gasteiger partial charge in [-0.2, -0.15) is 0 Å². The van der Waals surface area contributed by atoms with E-state index in [1.54, 1.807) is 0 Å². The van der Waals surface area contributed by atoms with Crippen molar-refractivity contribution >= 4 is 17.9 Å². The molecule has 0 aromatic carbocycles. The first-order valence-corrected chi connectivity index (χ1v) is 4.52. The summed E-state index contributed by atoms with van der Waals surface area (Å²) in [6.07, 6.45) is 1.43. The standard InChI is InChI=1S/C9H9N3O4/c1-16-9(13)7-3-5-2-6(12(14)15)4-10-8(5)11-7/h2-3,10-11H,4H2,1H3. The Morgan fingerprint density at radius 1 is 1.62 bits per heavy atom. The molecule has 1 aliphatic rings. The lowest BCUT2D eigenvalue weighted by Gasteiger charge is -2.08. The van der Waals surface area contributed by atoms with Crippen molar-refractivity contribution in [1.29, 1.82) is 0 Å². The number of nitrogens with one attached hydrogen (secondary N) is 2. The summed E-state index contributed by atoms with van der Waals surface area (Å²) in [5.74, 6) is 0.0817. The van der Waals surface area contributed by atoms with E-state index in [2.05, 4.69) is 15.0 Å². The minimum Gasteiger partial charge on any atom is -0.464 e. The maximum Gasteiger partial charge on any atom is 0.354 e. The second-order valence-corrected chi connectivity index (χ2v) is 3.25. The summed E-state index contributed by atoms with van der Waals surface area (Å²) in [6.45, 7) is 0.126. The number of rotatable bonds is 2. The molecule has 0 saturated carbocycles. The van der Waals surface area contributed by atoms with Crippen molar-refractivity contribution in [2.75, 3.05) is 19.0 Å². The van der Waals surface area contributed by atoms with Crippen molar-refractivity contribution in [3.8, 4) is 0 Å². The summed E-state index contributed by atoms with van der Waals surface area (Å²) in [4.78, 5) is 24.1. The van der Waals surface area contributed by atoms with E-state index in [-0.39, 0.29) is 17.9 Å². The largest absolute Gasteiger partial charge is 0.464 e. The summed E-state index contributed by atoms with van der Waals surface area (Å²) in [6, 6.07) is 1.51. The van der Waals surface area contributed by atoms with E-state index in [1.807, 2.05) is 0 Å². The fourth-order valence-corrected chi connectivity index (χ4v) is 1.48. The summed E-state index contributed by atoms with van der Waals surface area (Å²) >= 11 is 0. The van der Waals surface area contributed by atoms with Crippen molar-refractivity contribution in [1.82, 2.24) is 4.98 Å². The van der Waals surface area contributed by atoms with Gasteiger partial charge in [-0.1, -0.05) is 0 Å². The summed E-state index contributed by atoms with van der Waals surface area (Å²) < 4.78 is 4.54. The maximum absolute atomic E-state index is 11.2. The molecule has 7 heteroatoms. The molecule has 0 saturated heterocycles. The predicted octanol–water partition coefficient (Wildman–Crippen LogP) is 0.844. The van der Waals surface area contributed by atoms with Gasteiger partial charge in [-0.05, 0) is 6.07 Å². The lowest BCUT2D eigenvalue weighted by molar-refractivity contribution is -0.423. The van der Waals surface area contributed by atoms with Gasteiger partial charge in [-0.25, -0.2) is 4.79 Å². The van der Waals surface area contributed by atoms with E-state index in [1.165, 1.54) is 19.3 Å². The van der Waals surface area contributed by atoms with E-state index in [0.29, 0.717) is 11.4 Å². The molecule has 0 amide bonds. The number of nitrogens with zero attached hydrogens (tertiary/aromatic N) is 1. The number of fused-ring (bicyclic) bond motifs is 1. The zero-order valence-corrected chi connectivity index (χ0v) is 8.44. The molecule has 0 unspecified atom stereocenters. The van der Waals surface area contributed by atoms with E-state index >= 15 is 0 Å². The number of methoxy groups -OCH3 is 1. The number of hydrogen-bond donors (Lipinski definition) is 2. The maximum atomic E-state index is 11.2. The zero-order chi connectivity index (χ0) is 11.7. The number of carbonyl (C=O) groups is 1. The first kappa shape index (κ1) is 10.2. The van der Waals surface area contributed by atoms with Crippen LogP contribution in [0.15, 0.2) is 11.8 Å². The van der Waals surface area contributed by atoms with Crippen LogP contribution in [0.3, 0.4) is 0 Å². The Balaban J connectivity index is 2.37. The van der Waals surface area contributed by atoms with Crippen LogP contribution in [-0.2, 0) is 4.74 Å². The molecule has 1 aromatic heterocycles. The van der Waals surface area contributed by atoms with Crippen molar-refractivity contribution < 1.29 is 14.5 Å². The van der Waals surface area contributed by atoms with Gasteiger partial charge in [0.15, 0.2) is 0 Å². The van der Waals surface area contributed by atoms with Crippen LogP contribution >= 0.6 is 0 Å². The average molecular weight is 223 g/mol. The van der Waals surface area contributed by atoms with Gasteiger partial charge >= 0.3 is 5.97 Å². The fraction of sp³-hybridized carbons (Fsp3) is 0.222. The highest BCUT2D eigenvalue weighted by molar-refractivity contribution is 5.90. The average Bonchev–Trinajstić information content (AvgIpc) is 2.70. The molecule has 1 aliphatic heterocycles. The Labute approximate surface area is 90.2 Å². The Morgan fingerprint density at radius 3 is 3.00 bits per heavy atom. The molecule has 0 fully saturated rings. The number of aromatic nitrogens is 1. The summed E-state index contributed by atoms with van der Waals surface area (Å²) in [5, 5.41) is 13.4. The van der Waals surface area contributed by atoms with Crippen LogP contribution in [0.2, 0.25) is 0 Å². The molecule has 84 valence electrons. The summed E-state index contributed by atoms with van der Waals surface area (Å²) in [7, 11) is 1.27. The summed E-state index contributed by atoms with van der Waals surface area (Å²) in [5.41, 5.74) is 0.905. The molecule has 2 heterocycles. The first-order chi connectivity index (χ1) is 7.61. The van der Waals surface area contributed by atoms with Crippen LogP contribution in [0.25, 0.3) is 6.08 Å². The number of esters is 1. The molecular weight excluding hydrogens is 214 g/mol. The third-order valence-corrected chi connectivity index (χ3v) is 2.26. The quantitative estimate of drug-likeness (QED) is 0.440. The smallest absolute Gasteiger partial charge is 0.354 e. The third-order valence-electron chi connectivity index (χ3n) is 2.26. The molecule has 0 aliphatic carbocycles. The molecule has 16 heavy (non-hydrogen) atoms. The Bertz CT molecular complexity index is 489. The minimum absolute atomic E-state index is 0.0583. The van der Waals surface area contributed by atoms with Gasteiger partial charge < -0.3 is 15.0 Å². The molecule has 1 aromatic rings. The van der Waals surface area contributed by atoms with Crippen molar-refractivity contribution in [2.45, 2.75) is 0 Å². The first-order valence-electron chi connectivity index (χ1n) is 4.52. The van der Waals surface area contributed by atoms with Crippen LogP contribution < -0.4 is 5.32 Å². The third kappa shape index (κ3) is 1.62. The lowest BCUT2D eigenvalue weighted by atomic mass is 10.2. The van der Waals surface area contributed by atoms with Crippen LogP contribution in [0.5, 0.6) is 0 Å². The Hall–Kier alpha value is -2.31. The SMILES string of the molecule is COC(=O)c1cc2c([nH]1)NCC([N+](=O)[O-])=C2. The van der Waals surface area contributed by atoms with Crippen LogP contribution in [0.4, 0.5) is 5.82 Å². The highest BCUT2D eigenvalue weighted by atomic mass is 16.6. The topological polar surface area (TPSA) is 97.3 Å². The van der Waals surface area contributed by atoms with Gasteiger partial charge in [0.05, 0.1) is 12.0 Å². The lowest BCUT2D eigenvalue weighted by Crippen LogP contribution is -2.15. The van der Waals surface area contributed by atoms with Gasteiger partial charge in [0, 0.05) is 11.6 Å². The van der Waals surface area contributed by atoms with Crippen LogP contribution in [-0.4, -0.2) is 29.5 Å². The number of carbonyl (C=O) groups excluding carboxylic acids is 1. The molecule has 2 N–H and O–H groups in total. The molecular formula is C9H9N3O4. The van der Waals surface area contributed by atoms with E-state index < -0.39 is 10.9 Å². The van der Waals surface area contributed by atoms with E-state index in [0.717, 1.165) is 0 Å². The highest BCUT2D eigenvalue weighted by Crippen LogP contribution is 2.24. The zero-order valence-electron chi connectivity index (χ0n) is 8.44. The number of ether oxygens (including phenoxy) is 1. The van der Waals surface area contributed by atoms with Crippen molar-refractivity contribution in [2.24, 2.45) is 0 Å². The Kier molecular flexibility index (Phi) is 2.35. The molecule has 0 bridgehead atoms. The van der Waals surface area contributed by atoms with Crippen molar-refractivity contribution in [3.05, 3.63) is 33.1 Å². The fourth-order valence-electron chi connectivity index (χ4n) is 1.48. The number of anilines is 1. The molecule has 0 spiro atoms. The monoisotopic (exact) mass is 223 g/mol. The van der Waals surface area contributed by atoms with Crippen LogP contribution in [0, 0.1) is 10.1 Å². The number of H-pyrrole nitrogens is 1. The van der Waals surface area contributed by atoms with E-state index in [4.69, 9.17) is 0 Å². The molecule has 2 rings (SSSR count). The second-order valence-electron chi connectivity index (χ2n) is 3.25. The molecule has 0 radical (unpaired) electrons. The number of hydrogen-bond acceptors (Lipinski definition) is 5. The van der Waals surface area contributed by atoms with Gasteiger partial charge in [-0.15, -0.1) is 0 Å². The van der Waals surface area contributed by atoms with Crippen LogP contribution in [0.1, 0.15) is 16.1 Å². The highest BCUT2D eigenvalue weighted by Gasteiger charge is 2.21. The number of aromatic amines is 1. The van der Waals surface area contributed by atoms with Gasteiger partial charge in [0.25, 0.3) is 5.70 Å². The van der Waals surface area contributed by atoms with Gasteiger partial charge in [0.1, 0.15) is 18.1 Å². The van der Waals surface area contributed by atoms with E-state index in [9.17, 15) is 14.9 Å². The second kappa shape index (κ2) is 3.69. The Morgan fingerprint density at radius 2 is 2.38 bits per heavy atom. The normalized spacial score (nSPS) is 13.4. The predicted molar refractivity (Wildman–Crippen MR) is 55.6 cm³/mol. The molecule has 0 atom stereocenters.